The van der Waals surface area contributed by atoms with Gasteiger partial charge in [0.15, 0.2) is 0 Å². The fourth-order valence-corrected chi connectivity index (χ4v) is 2.99. The predicted octanol–water partition coefficient (Wildman–Crippen LogP) is -1.30. The topological polar surface area (TPSA) is 121 Å². The molecule has 120 valence electrons. The predicted molar refractivity (Wildman–Crippen MR) is 83.7 cm³/mol. The number of aromatic nitrogens is 3. The first-order chi connectivity index (χ1) is 9.21. The standard InChI is InChI=1S/C11H19N7O.2ClH/c12-10-16-8(17-18-10)1-2-15-9(19)11-5-13-3-7(11)4-14-6-11;;/h7,13-14H,1-6H2,(H,15,19)(H3,12,16,17,18);2*1H. The van der Waals surface area contributed by atoms with Gasteiger partial charge in [-0.15, -0.1) is 29.9 Å². The van der Waals surface area contributed by atoms with Crippen LogP contribution >= 0.6 is 24.8 Å². The number of nitrogen functional groups attached to an aromatic ring is 1. The summed E-state index contributed by atoms with van der Waals surface area (Å²) in [6.07, 6.45) is 0.609. The lowest BCUT2D eigenvalue weighted by molar-refractivity contribution is -0.130. The molecule has 0 atom stereocenters. The number of H-pyrrole nitrogens is 1. The number of hydrogen-bond acceptors (Lipinski definition) is 6. The Hall–Kier alpha value is -1.09. The van der Waals surface area contributed by atoms with Gasteiger partial charge in [0.1, 0.15) is 5.82 Å². The quantitative estimate of drug-likeness (QED) is 0.465. The van der Waals surface area contributed by atoms with Crippen LogP contribution in [0.15, 0.2) is 0 Å². The van der Waals surface area contributed by atoms with Crippen LogP contribution < -0.4 is 21.7 Å². The van der Waals surface area contributed by atoms with E-state index >= 15 is 0 Å². The van der Waals surface area contributed by atoms with Gasteiger partial charge < -0.3 is 21.7 Å². The third-order valence-corrected chi connectivity index (χ3v) is 4.09. The van der Waals surface area contributed by atoms with E-state index in [-0.39, 0.29) is 42.1 Å². The molecule has 2 aliphatic heterocycles. The van der Waals surface area contributed by atoms with Crippen LogP contribution in [0.3, 0.4) is 0 Å². The number of nitrogens with one attached hydrogen (secondary N) is 4. The van der Waals surface area contributed by atoms with Crippen LogP contribution in [-0.4, -0.2) is 53.8 Å². The molecule has 0 radical (unpaired) electrons. The summed E-state index contributed by atoms with van der Waals surface area (Å²) < 4.78 is 0. The van der Waals surface area contributed by atoms with Crippen LogP contribution in [-0.2, 0) is 11.2 Å². The van der Waals surface area contributed by atoms with Crippen molar-refractivity contribution in [1.29, 1.82) is 0 Å². The number of halogens is 2. The molecular formula is C11H21Cl2N7O. The normalized spacial score (nSPS) is 26.6. The van der Waals surface area contributed by atoms with Gasteiger partial charge in [0.25, 0.3) is 0 Å². The molecule has 2 fully saturated rings. The molecule has 10 heteroatoms. The fourth-order valence-electron chi connectivity index (χ4n) is 2.99. The van der Waals surface area contributed by atoms with Crippen LogP contribution in [0, 0.1) is 11.3 Å². The van der Waals surface area contributed by atoms with E-state index in [0.29, 0.717) is 24.7 Å². The number of fused-ring (bicyclic) bond motifs is 1. The molecule has 8 nitrogen and oxygen atoms in total. The molecule has 3 rings (SSSR count). The number of anilines is 1. The van der Waals surface area contributed by atoms with Crippen molar-refractivity contribution in [2.45, 2.75) is 6.42 Å². The minimum Gasteiger partial charge on any atom is -0.367 e. The monoisotopic (exact) mass is 337 g/mol. The van der Waals surface area contributed by atoms with Crippen molar-refractivity contribution in [3.05, 3.63) is 5.82 Å². The van der Waals surface area contributed by atoms with E-state index in [1.165, 1.54) is 0 Å². The summed E-state index contributed by atoms with van der Waals surface area (Å²) in [5.74, 6) is 1.45. The number of rotatable bonds is 4. The Morgan fingerprint density at radius 3 is 2.57 bits per heavy atom. The van der Waals surface area contributed by atoms with Crippen LogP contribution in [0.1, 0.15) is 5.82 Å². The number of nitrogens with two attached hydrogens (primary N) is 1. The summed E-state index contributed by atoms with van der Waals surface area (Å²) in [6.45, 7) is 3.89. The van der Waals surface area contributed by atoms with E-state index in [1.54, 1.807) is 0 Å². The third-order valence-electron chi connectivity index (χ3n) is 4.09. The van der Waals surface area contributed by atoms with Gasteiger partial charge in [-0.3, -0.25) is 9.89 Å². The van der Waals surface area contributed by atoms with Gasteiger partial charge in [-0.05, 0) is 0 Å². The molecule has 21 heavy (non-hydrogen) atoms. The summed E-state index contributed by atoms with van der Waals surface area (Å²) >= 11 is 0. The van der Waals surface area contributed by atoms with E-state index in [0.717, 1.165) is 26.2 Å². The largest absolute Gasteiger partial charge is 0.367 e. The zero-order chi connectivity index (χ0) is 13.3. The van der Waals surface area contributed by atoms with Gasteiger partial charge in [0.05, 0.1) is 5.41 Å². The van der Waals surface area contributed by atoms with Crippen LogP contribution in [0.25, 0.3) is 0 Å². The Morgan fingerprint density at radius 2 is 2.00 bits per heavy atom. The first-order valence-electron chi connectivity index (χ1n) is 6.57. The van der Waals surface area contributed by atoms with Crippen molar-refractivity contribution >= 4 is 36.7 Å². The van der Waals surface area contributed by atoms with E-state index in [9.17, 15) is 4.79 Å². The first-order valence-corrected chi connectivity index (χ1v) is 6.57. The highest BCUT2D eigenvalue weighted by Gasteiger charge is 2.51. The van der Waals surface area contributed by atoms with Crippen molar-refractivity contribution in [2.75, 3.05) is 38.5 Å². The molecule has 3 heterocycles. The summed E-state index contributed by atoms with van der Waals surface area (Å²) in [5, 5.41) is 16.1. The zero-order valence-electron chi connectivity index (χ0n) is 11.5. The number of aromatic amines is 1. The highest BCUT2D eigenvalue weighted by Crippen LogP contribution is 2.34. The van der Waals surface area contributed by atoms with Crippen molar-refractivity contribution in [3.8, 4) is 0 Å². The Labute approximate surface area is 135 Å². The minimum absolute atomic E-state index is 0. The Balaban J connectivity index is 0.00000110. The number of carbonyl (C=O) groups is 1. The lowest BCUT2D eigenvalue weighted by atomic mass is 9.80. The van der Waals surface area contributed by atoms with Crippen molar-refractivity contribution < 1.29 is 4.79 Å². The maximum atomic E-state index is 12.4. The van der Waals surface area contributed by atoms with Crippen molar-refractivity contribution in [1.82, 2.24) is 31.1 Å². The molecule has 0 aliphatic carbocycles. The summed E-state index contributed by atoms with van der Waals surface area (Å²) in [7, 11) is 0. The highest BCUT2D eigenvalue weighted by molar-refractivity contribution is 5.85. The summed E-state index contributed by atoms with van der Waals surface area (Å²) in [5.41, 5.74) is 5.14. The van der Waals surface area contributed by atoms with Crippen LogP contribution in [0.4, 0.5) is 5.95 Å². The van der Waals surface area contributed by atoms with Crippen molar-refractivity contribution in [2.24, 2.45) is 11.3 Å². The number of amides is 1. The maximum absolute atomic E-state index is 12.4. The van der Waals surface area contributed by atoms with E-state index in [1.807, 2.05) is 0 Å². The van der Waals surface area contributed by atoms with Gasteiger partial charge in [-0.2, -0.15) is 4.98 Å². The lowest BCUT2D eigenvalue weighted by Gasteiger charge is -2.25. The molecular weight excluding hydrogens is 317 g/mol. The van der Waals surface area contributed by atoms with Gasteiger partial charge in [-0.1, -0.05) is 0 Å². The molecule has 0 aromatic carbocycles. The SMILES string of the molecule is Cl.Cl.Nc1n[nH]c(CCNC(=O)C23CNCC2CNC3)n1. The average Bonchev–Trinajstić information content (AvgIpc) is 3.03. The van der Waals surface area contributed by atoms with E-state index in [4.69, 9.17) is 5.73 Å². The molecule has 0 unspecified atom stereocenters. The molecule has 0 spiro atoms. The van der Waals surface area contributed by atoms with Crippen molar-refractivity contribution in [3.63, 3.8) is 0 Å². The Kier molecular flexibility index (Phi) is 6.21. The molecule has 0 saturated carbocycles. The van der Waals surface area contributed by atoms with E-state index < -0.39 is 0 Å². The molecule has 2 aliphatic rings. The van der Waals surface area contributed by atoms with Crippen LogP contribution in [0.5, 0.6) is 0 Å². The van der Waals surface area contributed by atoms with Gasteiger partial charge in [0, 0.05) is 45.1 Å². The zero-order valence-corrected chi connectivity index (χ0v) is 13.1. The third kappa shape index (κ3) is 3.39. The lowest BCUT2D eigenvalue weighted by Crippen LogP contribution is -2.47. The van der Waals surface area contributed by atoms with Gasteiger partial charge in [0.2, 0.25) is 11.9 Å². The molecule has 1 amide bonds. The van der Waals surface area contributed by atoms with Gasteiger partial charge >= 0.3 is 0 Å². The minimum atomic E-state index is -0.277. The van der Waals surface area contributed by atoms with Crippen LogP contribution in [0.2, 0.25) is 0 Å². The fraction of sp³-hybridized carbons (Fsp3) is 0.727. The second kappa shape index (κ2) is 7.26. The molecule has 1 aromatic rings. The summed E-state index contributed by atoms with van der Waals surface area (Å²) in [6, 6.07) is 0. The second-order valence-electron chi connectivity index (χ2n) is 5.26. The molecule has 0 bridgehead atoms. The van der Waals surface area contributed by atoms with Gasteiger partial charge in [-0.25, -0.2) is 0 Å². The smallest absolute Gasteiger partial charge is 0.239 e. The maximum Gasteiger partial charge on any atom is 0.239 e. The highest BCUT2D eigenvalue weighted by atomic mass is 35.5. The summed E-state index contributed by atoms with van der Waals surface area (Å²) in [4.78, 5) is 16.4. The Morgan fingerprint density at radius 1 is 1.33 bits per heavy atom. The first kappa shape index (κ1) is 18.0. The Bertz CT molecular complexity index is 471. The van der Waals surface area contributed by atoms with E-state index in [2.05, 4.69) is 31.1 Å². The molecule has 2 saturated heterocycles. The average molecular weight is 338 g/mol. The number of carbonyl (C=O) groups excluding carboxylic acids is 1. The number of nitrogens with zero attached hydrogens (tertiary/aromatic N) is 2. The second-order valence-corrected chi connectivity index (χ2v) is 5.26. The molecule has 6 N–H and O–H groups in total. The number of hydrogen-bond donors (Lipinski definition) is 5. The molecule has 1 aromatic heterocycles.